The summed E-state index contributed by atoms with van der Waals surface area (Å²) < 4.78 is 0. The number of amides is 2. The maximum atomic E-state index is 12.8. The standard InChI is InChI=1S/C18H17N5O5S/c1-3-7-28-22-13(11-5-4-6-12(19)20-11)15(24)21-14-16(25)23-8-10(18(26)27)9(2)29-17(14)23/h1,4-6,8-9,14,17H,7H2,2H3,(H2,19,20)(H,21,24)(H,26,27)/t9?,14?,17-/m1/s1. The van der Waals surface area contributed by atoms with Gasteiger partial charge in [0.05, 0.1) is 5.57 Å². The molecule has 3 heterocycles. The fourth-order valence-electron chi connectivity index (χ4n) is 2.80. The zero-order valence-electron chi connectivity index (χ0n) is 15.2. The number of pyridine rings is 1. The number of oxime groups is 1. The monoisotopic (exact) mass is 415 g/mol. The molecule has 1 saturated heterocycles. The number of nitrogens with two attached hydrogens (primary N) is 1. The molecule has 1 aromatic rings. The molecule has 11 heteroatoms. The molecule has 10 nitrogen and oxygen atoms in total. The van der Waals surface area contributed by atoms with Crippen molar-refractivity contribution in [2.45, 2.75) is 23.6 Å². The van der Waals surface area contributed by atoms with E-state index in [4.69, 9.17) is 17.0 Å². The maximum Gasteiger partial charge on any atom is 0.334 e. The molecule has 0 aromatic carbocycles. The van der Waals surface area contributed by atoms with Gasteiger partial charge in [0.15, 0.2) is 12.3 Å². The summed E-state index contributed by atoms with van der Waals surface area (Å²) in [6.07, 6.45) is 6.43. The number of fused-ring (bicyclic) bond motifs is 1. The minimum absolute atomic E-state index is 0.123. The zero-order chi connectivity index (χ0) is 21.1. The molecule has 2 amide bonds. The lowest BCUT2D eigenvalue weighted by molar-refractivity contribution is -0.144. The molecule has 0 saturated carbocycles. The number of rotatable bonds is 6. The third kappa shape index (κ3) is 4.02. The van der Waals surface area contributed by atoms with Crippen molar-refractivity contribution in [3.8, 4) is 12.3 Å². The molecule has 0 aliphatic carbocycles. The van der Waals surface area contributed by atoms with Crippen LogP contribution in [0.15, 0.2) is 35.1 Å². The largest absolute Gasteiger partial charge is 0.478 e. The van der Waals surface area contributed by atoms with Crippen LogP contribution >= 0.6 is 11.8 Å². The lowest BCUT2D eigenvalue weighted by Gasteiger charge is -2.48. The van der Waals surface area contributed by atoms with E-state index in [0.29, 0.717) is 0 Å². The minimum atomic E-state index is -1.09. The molecule has 2 aliphatic heterocycles. The van der Waals surface area contributed by atoms with Crippen LogP contribution in [0.5, 0.6) is 0 Å². The number of aliphatic carboxylic acids is 1. The van der Waals surface area contributed by atoms with Crippen LogP contribution in [-0.2, 0) is 19.2 Å². The molecule has 0 bridgehead atoms. The van der Waals surface area contributed by atoms with Gasteiger partial charge in [-0.2, -0.15) is 0 Å². The van der Waals surface area contributed by atoms with Gasteiger partial charge in [0.1, 0.15) is 22.9 Å². The number of nitrogen functional groups attached to an aromatic ring is 1. The SMILES string of the molecule is C#CCON=C(C(=O)NC1C(=O)N2C=C(C(=O)O)C(C)S[C@H]12)c1cccc(N)n1. The number of terminal acetylenes is 1. The van der Waals surface area contributed by atoms with E-state index in [-0.39, 0.29) is 34.7 Å². The number of carboxylic acids is 1. The van der Waals surface area contributed by atoms with E-state index in [2.05, 4.69) is 21.4 Å². The van der Waals surface area contributed by atoms with Crippen molar-refractivity contribution in [3.63, 3.8) is 0 Å². The summed E-state index contributed by atoms with van der Waals surface area (Å²) in [4.78, 5) is 46.7. The number of hydrogen-bond acceptors (Lipinski definition) is 8. The third-order valence-electron chi connectivity index (χ3n) is 4.21. The highest BCUT2D eigenvalue weighted by Gasteiger charge is 2.51. The number of carboxylic acid groups (broad SMARTS) is 1. The van der Waals surface area contributed by atoms with Crippen molar-refractivity contribution in [2.24, 2.45) is 5.16 Å². The summed E-state index contributed by atoms with van der Waals surface area (Å²) in [5.74, 6) is 0.194. The summed E-state index contributed by atoms with van der Waals surface area (Å²) in [6, 6.07) is 3.80. The lowest BCUT2D eigenvalue weighted by Crippen LogP contribution is -2.69. The molecule has 29 heavy (non-hydrogen) atoms. The van der Waals surface area contributed by atoms with E-state index in [1.807, 2.05) is 0 Å². The number of aromatic nitrogens is 1. The molecule has 3 atom stereocenters. The summed E-state index contributed by atoms with van der Waals surface area (Å²) in [6.45, 7) is 1.56. The average molecular weight is 415 g/mol. The quantitative estimate of drug-likeness (QED) is 0.190. The molecular weight excluding hydrogens is 398 g/mol. The number of carbonyl (C=O) groups excluding carboxylic acids is 2. The van der Waals surface area contributed by atoms with Gasteiger partial charge in [-0.15, -0.1) is 18.2 Å². The van der Waals surface area contributed by atoms with Crippen molar-refractivity contribution in [1.82, 2.24) is 15.2 Å². The Morgan fingerprint density at radius 1 is 1.52 bits per heavy atom. The first-order chi connectivity index (χ1) is 13.8. The first-order valence-corrected chi connectivity index (χ1v) is 9.37. The van der Waals surface area contributed by atoms with E-state index >= 15 is 0 Å². The smallest absolute Gasteiger partial charge is 0.334 e. The van der Waals surface area contributed by atoms with Gasteiger partial charge in [-0.1, -0.05) is 17.1 Å². The summed E-state index contributed by atoms with van der Waals surface area (Å²) in [5.41, 5.74) is 5.75. The highest BCUT2D eigenvalue weighted by Crippen LogP contribution is 2.40. The molecular formula is C18H17N5O5S. The van der Waals surface area contributed by atoms with E-state index < -0.39 is 29.2 Å². The van der Waals surface area contributed by atoms with Gasteiger partial charge in [-0.05, 0) is 19.1 Å². The summed E-state index contributed by atoms with van der Waals surface area (Å²) >= 11 is 1.27. The van der Waals surface area contributed by atoms with Crippen LogP contribution in [0.25, 0.3) is 0 Å². The second-order valence-electron chi connectivity index (χ2n) is 6.12. The number of hydrogen-bond donors (Lipinski definition) is 3. The van der Waals surface area contributed by atoms with E-state index in [1.54, 1.807) is 19.1 Å². The van der Waals surface area contributed by atoms with Crippen LogP contribution < -0.4 is 11.1 Å². The van der Waals surface area contributed by atoms with Gasteiger partial charge in [-0.25, -0.2) is 9.78 Å². The number of thioether (sulfide) groups is 1. The van der Waals surface area contributed by atoms with E-state index in [0.717, 1.165) is 0 Å². The minimum Gasteiger partial charge on any atom is -0.478 e. The summed E-state index contributed by atoms with van der Waals surface area (Å²) in [5, 5.41) is 14.8. The van der Waals surface area contributed by atoms with Gasteiger partial charge in [-0.3, -0.25) is 9.59 Å². The van der Waals surface area contributed by atoms with Crippen molar-refractivity contribution in [3.05, 3.63) is 35.7 Å². The predicted octanol–water partition coefficient (Wildman–Crippen LogP) is -0.225. The molecule has 0 radical (unpaired) electrons. The summed E-state index contributed by atoms with van der Waals surface area (Å²) in [7, 11) is 0. The number of nitrogens with zero attached hydrogens (tertiary/aromatic N) is 3. The Morgan fingerprint density at radius 2 is 2.28 bits per heavy atom. The predicted molar refractivity (Wildman–Crippen MR) is 105 cm³/mol. The number of anilines is 1. The first kappa shape index (κ1) is 20.2. The molecule has 3 rings (SSSR count). The van der Waals surface area contributed by atoms with Gasteiger partial charge in [0, 0.05) is 11.4 Å². The Morgan fingerprint density at radius 3 is 2.93 bits per heavy atom. The van der Waals surface area contributed by atoms with Crippen LogP contribution in [0.4, 0.5) is 5.82 Å². The average Bonchev–Trinajstić information content (AvgIpc) is 2.68. The van der Waals surface area contributed by atoms with Crippen LogP contribution in [-0.4, -0.2) is 61.8 Å². The molecule has 2 unspecified atom stereocenters. The topological polar surface area (TPSA) is 147 Å². The molecule has 2 aliphatic rings. The third-order valence-corrected chi connectivity index (χ3v) is 5.65. The Balaban J connectivity index is 1.79. The Hall–Kier alpha value is -3.52. The normalized spacial score (nSPS) is 23.2. The van der Waals surface area contributed by atoms with Crippen LogP contribution in [0.1, 0.15) is 12.6 Å². The van der Waals surface area contributed by atoms with Gasteiger partial charge >= 0.3 is 5.97 Å². The highest BCUT2D eigenvalue weighted by molar-refractivity contribution is 8.00. The van der Waals surface area contributed by atoms with Crippen molar-refractivity contribution >= 4 is 41.1 Å². The number of β-lactam (4-membered cyclic amide) rings is 1. The number of carbonyl (C=O) groups is 3. The molecule has 0 spiro atoms. The van der Waals surface area contributed by atoms with Crippen LogP contribution in [0.3, 0.4) is 0 Å². The zero-order valence-corrected chi connectivity index (χ0v) is 16.0. The Bertz CT molecular complexity index is 970. The fraction of sp³-hybridized carbons (Fsp3) is 0.278. The van der Waals surface area contributed by atoms with Gasteiger partial charge < -0.3 is 25.9 Å². The second-order valence-corrected chi connectivity index (χ2v) is 7.58. The first-order valence-electron chi connectivity index (χ1n) is 8.43. The molecule has 1 aromatic heterocycles. The van der Waals surface area contributed by atoms with Gasteiger partial charge in [0.2, 0.25) is 0 Å². The highest BCUT2D eigenvalue weighted by atomic mass is 32.2. The number of nitrogens with one attached hydrogen (secondary N) is 1. The van der Waals surface area contributed by atoms with Crippen molar-refractivity contribution < 1.29 is 24.3 Å². The maximum absolute atomic E-state index is 12.8. The van der Waals surface area contributed by atoms with Crippen LogP contribution in [0.2, 0.25) is 0 Å². The molecule has 1 fully saturated rings. The lowest BCUT2D eigenvalue weighted by atomic mass is 10.1. The van der Waals surface area contributed by atoms with Crippen molar-refractivity contribution in [2.75, 3.05) is 12.3 Å². The van der Waals surface area contributed by atoms with E-state index in [9.17, 15) is 19.5 Å². The molecule has 4 N–H and O–H groups in total. The van der Waals surface area contributed by atoms with Gasteiger partial charge in [0.25, 0.3) is 11.8 Å². The molecule has 150 valence electrons. The van der Waals surface area contributed by atoms with E-state index in [1.165, 1.54) is 28.9 Å². The Labute approximate surface area is 170 Å². The second kappa shape index (κ2) is 8.24. The fourth-order valence-corrected chi connectivity index (χ4v) is 4.16. The van der Waals surface area contributed by atoms with Crippen LogP contribution in [0, 0.1) is 12.3 Å². The van der Waals surface area contributed by atoms with Crippen molar-refractivity contribution in [1.29, 1.82) is 0 Å². The Kier molecular flexibility index (Phi) is 5.74.